The van der Waals surface area contributed by atoms with Gasteiger partial charge in [-0.15, -0.1) is 0 Å². The molecule has 0 heterocycles. The van der Waals surface area contributed by atoms with Crippen molar-refractivity contribution in [2.24, 2.45) is 0 Å². The van der Waals surface area contributed by atoms with Crippen LogP contribution in [-0.4, -0.2) is 69.4 Å². The van der Waals surface area contributed by atoms with Gasteiger partial charge >= 0.3 is 5.97 Å². The third-order valence-electron chi connectivity index (χ3n) is 12.6. The second-order valence-corrected chi connectivity index (χ2v) is 22.5. The smallest absolute Gasteiger partial charge is 0.306 e. The van der Waals surface area contributed by atoms with Crippen LogP contribution in [0.1, 0.15) is 233 Å². The minimum Gasteiger partial charge on any atom is -0.756 e. The van der Waals surface area contributed by atoms with Crippen molar-refractivity contribution < 1.29 is 37.3 Å². The quantitative estimate of drug-likeness (QED) is 0.0212. The van der Waals surface area contributed by atoms with Crippen LogP contribution in [0.3, 0.4) is 0 Å². The zero-order chi connectivity index (χ0) is 55.7. The van der Waals surface area contributed by atoms with Crippen molar-refractivity contribution in [3.8, 4) is 0 Å². The SMILES string of the molecule is CC/C=C\C/C=C\C/C=C\C/C=C\C/C=C\CCCCCCCC(=O)NC(COP(=O)([O-])OCC[N+](C)(C)C)C(/C=C\CCCCCCCCCCCC)OC(=O)CCC/C=C\C/C=C\C/C=C\C/C=C\CCCCC. The molecule has 434 valence electrons. The molecule has 0 aliphatic heterocycles. The number of unbranched alkanes of at least 4 members (excludes halogenated alkanes) is 19. The van der Waals surface area contributed by atoms with Gasteiger partial charge in [-0.1, -0.05) is 226 Å². The van der Waals surface area contributed by atoms with E-state index in [1.165, 1.54) is 77.0 Å². The van der Waals surface area contributed by atoms with Gasteiger partial charge in [-0.3, -0.25) is 14.2 Å². The number of nitrogens with one attached hydrogen (secondary N) is 1. The standard InChI is InChI=1S/C66H113N2O7P/c1-7-10-13-16-19-22-25-28-30-32-33-34-35-37-38-40-43-46-49-52-55-58-65(69)67-63(62-74-76(71,72)73-61-60-68(4,5)6)64(57-54-51-48-45-42-27-24-21-18-15-12-9-3)75-66(70)59-56-53-50-47-44-41-39-36-31-29-26-23-20-17-14-11-8-2/h10,13,19-20,22-23,28-31,33-34,37-39,41,47,50,54,57,63-64H,7-9,11-12,14-18,21,24-27,32,35-36,40,42-46,48-49,51-53,55-56,58-62H2,1-6H3,(H-,67,69,71,72)/b13-10-,22-19-,23-20-,30-28-,31-29-,34-33-,38-37-,41-39-,50-47-,57-54-. The second-order valence-electron chi connectivity index (χ2n) is 21.1. The van der Waals surface area contributed by atoms with E-state index in [2.05, 4.69) is 135 Å². The van der Waals surface area contributed by atoms with E-state index in [9.17, 15) is 19.0 Å². The van der Waals surface area contributed by atoms with Crippen LogP contribution in [0.15, 0.2) is 122 Å². The Morgan fingerprint density at radius 1 is 0.474 bits per heavy atom. The number of allylic oxidation sites excluding steroid dienone is 19. The van der Waals surface area contributed by atoms with Crippen molar-refractivity contribution in [1.82, 2.24) is 5.32 Å². The topological polar surface area (TPSA) is 114 Å². The van der Waals surface area contributed by atoms with Gasteiger partial charge in [-0.05, 0) is 115 Å². The van der Waals surface area contributed by atoms with Crippen molar-refractivity contribution in [2.75, 3.05) is 40.9 Å². The van der Waals surface area contributed by atoms with E-state index in [-0.39, 0.29) is 25.4 Å². The van der Waals surface area contributed by atoms with Gasteiger partial charge in [0, 0.05) is 12.8 Å². The summed E-state index contributed by atoms with van der Waals surface area (Å²) < 4.78 is 30.2. The molecule has 0 saturated heterocycles. The molecule has 76 heavy (non-hydrogen) atoms. The molecule has 0 rings (SSSR count). The largest absolute Gasteiger partial charge is 0.756 e. The van der Waals surface area contributed by atoms with Crippen LogP contribution in [0.4, 0.5) is 0 Å². The molecule has 1 N–H and O–H groups in total. The fourth-order valence-corrected chi connectivity index (χ4v) is 8.67. The van der Waals surface area contributed by atoms with Gasteiger partial charge in [0.25, 0.3) is 7.82 Å². The molecular weight excluding hydrogens is 964 g/mol. The van der Waals surface area contributed by atoms with E-state index in [4.69, 9.17) is 13.8 Å². The summed E-state index contributed by atoms with van der Waals surface area (Å²) in [6, 6.07) is -0.929. The third-order valence-corrected chi connectivity index (χ3v) is 13.6. The molecule has 0 spiro atoms. The minimum absolute atomic E-state index is 0.0414. The van der Waals surface area contributed by atoms with Crippen LogP contribution in [0.25, 0.3) is 0 Å². The zero-order valence-electron chi connectivity index (χ0n) is 49.4. The Labute approximate surface area is 467 Å². The monoisotopic (exact) mass is 1080 g/mol. The van der Waals surface area contributed by atoms with Gasteiger partial charge in [0.2, 0.25) is 5.91 Å². The molecule has 9 nitrogen and oxygen atoms in total. The van der Waals surface area contributed by atoms with Crippen LogP contribution in [0, 0.1) is 0 Å². The molecule has 1 amide bonds. The molecule has 3 unspecified atom stereocenters. The highest BCUT2D eigenvalue weighted by Gasteiger charge is 2.27. The van der Waals surface area contributed by atoms with Crippen molar-refractivity contribution in [1.29, 1.82) is 0 Å². The molecule has 0 saturated carbocycles. The highest BCUT2D eigenvalue weighted by Crippen LogP contribution is 2.38. The number of carbonyl (C=O) groups is 2. The Bertz CT molecular complexity index is 1720. The third kappa shape index (κ3) is 55.2. The summed E-state index contributed by atoms with van der Waals surface area (Å²) in [5.41, 5.74) is 0. The summed E-state index contributed by atoms with van der Waals surface area (Å²) in [6.45, 7) is 6.63. The maximum Gasteiger partial charge on any atom is 0.306 e. The fourth-order valence-electron chi connectivity index (χ4n) is 7.95. The lowest BCUT2D eigenvalue weighted by Crippen LogP contribution is -2.47. The predicted octanol–water partition coefficient (Wildman–Crippen LogP) is 18.1. The summed E-state index contributed by atoms with van der Waals surface area (Å²) in [7, 11) is 1.12. The number of likely N-dealkylation sites (N-methyl/N-ethyl adjacent to an activating group) is 1. The van der Waals surface area contributed by atoms with Crippen molar-refractivity contribution in [2.45, 2.75) is 245 Å². The molecule has 3 atom stereocenters. The molecule has 0 aliphatic rings. The van der Waals surface area contributed by atoms with E-state index in [1.807, 2.05) is 27.2 Å². The van der Waals surface area contributed by atoms with Gasteiger partial charge in [-0.2, -0.15) is 0 Å². The number of esters is 1. The van der Waals surface area contributed by atoms with Crippen molar-refractivity contribution in [3.05, 3.63) is 122 Å². The Morgan fingerprint density at radius 3 is 1.32 bits per heavy atom. The molecule has 0 aromatic rings. The first kappa shape index (κ1) is 72.4. The lowest BCUT2D eigenvalue weighted by Gasteiger charge is -2.30. The van der Waals surface area contributed by atoms with Crippen LogP contribution in [0.2, 0.25) is 0 Å². The Kier molecular flexibility index (Phi) is 52.2. The highest BCUT2D eigenvalue weighted by atomic mass is 31.2. The number of quaternary nitrogens is 1. The van der Waals surface area contributed by atoms with Gasteiger partial charge < -0.3 is 28.5 Å². The van der Waals surface area contributed by atoms with Gasteiger partial charge in [0.1, 0.15) is 19.3 Å². The number of amides is 1. The van der Waals surface area contributed by atoms with Crippen LogP contribution >= 0.6 is 7.82 Å². The van der Waals surface area contributed by atoms with Gasteiger partial charge in [-0.25, -0.2) is 0 Å². The van der Waals surface area contributed by atoms with E-state index in [0.29, 0.717) is 23.9 Å². The molecule has 0 fully saturated rings. The summed E-state index contributed by atoms with van der Waals surface area (Å²) in [5, 5.41) is 3.00. The average Bonchev–Trinajstić information content (AvgIpc) is 3.38. The fraction of sp³-hybridized carbons (Fsp3) is 0.667. The molecule has 0 aromatic carbocycles. The molecule has 0 radical (unpaired) electrons. The maximum absolute atomic E-state index is 13.5. The predicted molar refractivity (Wildman–Crippen MR) is 325 cm³/mol. The van der Waals surface area contributed by atoms with Crippen molar-refractivity contribution in [3.63, 3.8) is 0 Å². The first-order valence-corrected chi connectivity index (χ1v) is 31.8. The molecule has 10 heteroatoms. The number of carbonyl (C=O) groups excluding carboxylic acids is 2. The van der Waals surface area contributed by atoms with Crippen LogP contribution in [0.5, 0.6) is 0 Å². The average molecular weight is 1080 g/mol. The molecule has 0 aromatic heterocycles. The number of phosphoric acid groups is 1. The molecular formula is C66H113N2O7P. The maximum atomic E-state index is 13.5. The summed E-state index contributed by atoms with van der Waals surface area (Å²) in [5.74, 6) is -0.637. The Morgan fingerprint density at radius 2 is 0.855 bits per heavy atom. The van der Waals surface area contributed by atoms with E-state index in [0.717, 1.165) is 109 Å². The summed E-state index contributed by atoms with van der Waals surface area (Å²) in [4.78, 5) is 39.9. The first-order valence-electron chi connectivity index (χ1n) is 30.3. The first-order chi connectivity index (χ1) is 36.9. The second kappa shape index (κ2) is 54.8. The van der Waals surface area contributed by atoms with Crippen LogP contribution in [-0.2, 0) is 27.9 Å². The zero-order valence-corrected chi connectivity index (χ0v) is 50.3. The Hall–Kier alpha value is -3.59. The minimum atomic E-state index is -4.72. The highest BCUT2D eigenvalue weighted by molar-refractivity contribution is 7.45. The number of hydrogen-bond donors (Lipinski definition) is 1. The Balaban J connectivity index is 5.41. The number of phosphoric ester groups is 1. The van der Waals surface area contributed by atoms with Crippen molar-refractivity contribution >= 4 is 19.7 Å². The number of nitrogens with zero attached hydrogens (tertiary/aromatic N) is 1. The van der Waals surface area contributed by atoms with Crippen LogP contribution < -0.4 is 10.2 Å². The number of rotatable bonds is 53. The summed E-state index contributed by atoms with van der Waals surface area (Å²) >= 11 is 0. The van der Waals surface area contributed by atoms with E-state index >= 15 is 0 Å². The lowest BCUT2D eigenvalue weighted by molar-refractivity contribution is -0.870. The van der Waals surface area contributed by atoms with E-state index < -0.39 is 32.5 Å². The van der Waals surface area contributed by atoms with Gasteiger partial charge in [0.15, 0.2) is 0 Å². The van der Waals surface area contributed by atoms with Gasteiger partial charge in [0.05, 0.1) is 33.8 Å². The number of ether oxygens (including phenoxy) is 1. The lowest BCUT2D eigenvalue weighted by atomic mass is 10.0. The summed E-state index contributed by atoms with van der Waals surface area (Å²) in [6.07, 6.45) is 76.0. The normalized spacial score (nSPS) is 14.6. The molecule has 0 bridgehead atoms. The van der Waals surface area contributed by atoms with E-state index in [1.54, 1.807) is 6.08 Å². The molecule has 0 aliphatic carbocycles. The number of hydrogen-bond acceptors (Lipinski definition) is 7.